The Bertz CT molecular complexity index is 3290. The first-order chi connectivity index (χ1) is 42.4. The molecule has 24 nitrogen and oxygen atoms in total. The third kappa shape index (κ3) is 17.1. The summed E-state index contributed by atoms with van der Waals surface area (Å²) in [7, 11) is 6.63. The first-order valence-electron chi connectivity index (χ1n) is 26.4. The minimum absolute atomic E-state index is 0.101. The molecule has 0 bridgehead atoms. The highest BCUT2D eigenvalue weighted by atomic mass is 16.6. The first kappa shape index (κ1) is 66.5. The second kappa shape index (κ2) is 32.1. The molecule has 24 heteroatoms. The molecule has 0 atom stereocenters. The molecule has 0 amide bonds. The molecule has 0 fully saturated rings. The lowest BCUT2D eigenvalue weighted by molar-refractivity contribution is -0.119. The van der Waals surface area contributed by atoms with Crippen molar-refractivity contribution in [3.8, 4) is 0 Å². The SMILES string of the molecule is COC(=O)c1ccccc1COCC(COCC(COC(=O)c1ccccc1C(=O)OC)(COC(=O)c1ccccc1C(=O)OC)COC(=O)c1ccccc1C(=O)OC)(COC(=O)c1ccccc1C(=O)OC)COC(=O)c1ccccc1C(=O)OC. The van der Waals surface area contributed by atoms with Gasteiger partial charge in [0.2, 0.25) is 0 Å². The number of methoxy groups -OCH3 is 6. The van der Waals surface area contributed by atoms with Gasteiger partial charge in [-0.05, 0) is 72.3 Å². The normalized spacial score (nSPS) is 10.9. The summed E-state index contributed by atoms with van der Waals surface area (Å²) in [4.78, 5) is 149. The van der Waals surface area contributed by atoms with Crippen molar-refractivity contribution in [2.75, 3.05) is 95.5 Å². The molecule has 0 aromatic heterocycles. The average molecular weight is 1210 g/mol. The summed E-state index contributed by atoms with van der Waals surface area (Å²) < 4.78 is 71.9. The lowest BCUT2D eigenvalue weighted by Crippen LogP contribution is -2.47. The summed E-state index contributed by atoms with van der Waals surface area (Å²) in [6.45, 7) is -6.88. The molecule has 6 aromatic rings. The van der Waals surface area contributed by atoms with Gasteiger partial charge in [0, 0.05) is 0 Å². The van der Waals surface area contributed by atoms with E-state index in [0.29, 0.717) is 5.56 Å². The second-order valence-electron chi connectivity index (χ2n) is 19.2. The van der Waals surface area contributed by atoms with E-state index < -0.39 is 129 Å². The molecular formula is C64H60O24. The Balaban J connectivity index is 1.50. The van der Waals surface area contributed by atoms with Crippen molar-refractivity contribution < 1.29 is 114 Å². The van der Waals surface area contributed by atoms with E-state index >= 15 is 0 Å². The van der Waals surface area contributed by atoms with Crippen LogP contribution in [-0.2, 0) is 68.2 Å². The van der Waals surface area contributed by atoms with E-state index in [4.69, 9.17) is 61.6 Å². The van der Waals surface area contributed by atoms with Crippen LogP contribution in [0.4, 0.5) is 0 Å². The molecule has 460 valence electrons. The number of esters is 11. The minimum atomic E-state index is -2.10. The summed E-state index contributed by atoms with van der Waals surface area (Å²) in [6.07, 6.45) is 0. The molecule has 0 saturated carbocycles. The maximum Gasteiger partial charge on any atom is 0.339 e. The number of carbonyl (C=O) groups is 11. The molecule has 6 aromatic carbocycles. The van der Waals surface area contributed by atoms with Crippen LogP contribution < -0.4 is 0 Å². The Morgan fingerprint density at radius 3 is 0.659 bits per heavy atom. The maximum atomic E-state index is 14.2. The van der Waals surface area contributed by atoms with Gasteiger partial charge in [-0.25, -0.2) is 52.7 Å². The Morgan fingerprint density at radius 2 is 0.420 bits per heavy atom. The zero-order chi connectivity index (χ0) is 63.8. The van der Waals surface area contributed by atoms with Crippen LogP contribution in [0, 0.1) is 10.8 Å². The van der Waals surface area contributed by atoms with Crippen LogP contribution in [0.15, 0.2) is 146 Å². The Morgan fingerprint density at radius 1 is 0.239 bits per heavy atom. The van der Waals surface area contributed by atoms with Gasteiger partial charge in [-0.15, -0.1) is 0 Å². The molecule has 0 spiro atoms. The smallest absolute Gasteiger partial charge is 0.339 e. The summed E-state index contributed by atoms with van der Waals surface area (Å²) >= 11 is 0. The van der Waals surface area contributed by atoms with Crippen molar-refractivity contribution in [1.82, 2.24) is 0 Å². The third-order valence-electron chi connectivity index (χ3n) is 13.2. The van der Waals surface area contributed by atoms with Gasteiger partial charge in [-0.2, -0.15) is 0 Å². The molecule has 0 aliphatic carbocycles. The highest BCUT2D eigenvalue weighted by Gasteiger charge is 2.42. The summed E-state index contributed by atoms with van der Waals surface area (Å²) in [5.74, 6) is -10.9. The Labute approximate surface area is 503 Å². The number of hydrogen-bond donors (Lipinski definition) is 0. The van der Waals surface area contributed by atoms with Crippen LogP contribution in [0.1, 0.15) is 120 Å². The van der Waals surface area contributed by atoms with Gasteiger partial charge in [0.15, 0.2) is 0 Å². The van der Waals surface area contributed by atoms with Crippen molar-refractivity contribution in [2.24, 2.45) is 10.8 Å². The molecule has 0 aliphatic rings. The van der Waals surface area contributed by atoms with Crippen LogP contribution in [0.2, 0.25) is 0 Å². The highest BCUT2D eigenvalue weighted by molar-refractivity contribution is 6.06. The molecule has 0 saturated heterocycles. The van der Waals surface area contributed by atoms with Crippen molar-refractivity contribution >= 4 is 65.7 Å². The van der Waals surface area contributed by atoms with Gasteiger partial charge in [0.25, 0.3) is 0 Å². The largest absolute Gasteiger partial charge is 0.465 e. The highest BCUT2D eigenvalue weighted by Crippen LogP contribution is 2.30. The molecule has 0 heterocycles. The zero-order valence-electron chi connectivity index (χ0n) is 48.5. The van der Waals surface area contributed by atoms with Crippen LogP contribution in [0.3, 0.4) is 0 Å². The monoisotopic (exact) mass is 1210 g/mol. The van der Waals surface area contributed by atoms with Gasteiger partial charge in [0.1, 0.15) is 33.0 Å². The van der Waals surface area contributed by atoms with E-state index in [1.165, 1.54) is 135 Å². The van der Waals surface area contributed by atoms with Gasteiger partial charge in [0.05, 0.1) is 141 Å². The van der Waals surface area contributed by atoms with Crippen LogP contribution in [-0.4, -0.2) is 161 Å². The minimum Gasteiger partial charge on any atom is -0.465 e. The molecule has 88 heavy (non-hydrogen) atoms. The van der Waals surface area contributed by atoms with E-state index in [9.17, 15) is 52.7 Å². The molecule has 6 rings (SSSR count). The number of benzene rings is 6. The maximum absolute atomic E-state index is 14.2. The van der Waals surface area contributed by atoms with Gasteiger partial charge >= 0.3 is 65.7 Å². The van der Waals surface area contributed by atoms with Gasteiger partial charge in [-0.1, -0.05) is 78.9 Å². The van der Waals surface area contributed by atoms with E-state index in [1.807, 2.05) is 0 Å². The fraction of sp³-hybridized carbons (Fsp3) is 0.266. The van der Waals surface area contributed by atoms with Crippen molar-refractivity contribution in [2.45, 2.75) is 6.61 Å². The molecular weight excluding hydrogens is 1150 g/mol. The van der Waals surface area contributed by atoms with Gasteiger partial charge in [-0.3, -0.25) is 0 Å². The standard InChI is InChI=1S/C64H60O24/c1-76-52(65)41-20-8-7-19-40(41)31-82-32-63(35-84-58(71)47-26-14-9-21-42(47)53(66)77-2,36-85-59(72)48-27-15-10-22-43(48)54(67)78-3)33-83-34-64(37-86-60(73)49-28-16-11-23-44(49)55(68)79-4,38-87-61(74)50-29-17-12-24-45(50)56(69)80-5)39-88-62(75)51-30-18-13-25-46(51)57(70)81-6/h7-30H,31-39H2,1-6H3. The topological polar surface area (TPSA) is 308 Å². The lowest BCUT2D eigenvalue weighted by atomic mass is 9.90. The Kier molecular flexibility index (Phi) is 24.2. The van der Waals surface area contributed by atoms with Crippen molar-refractivity contribution in [3.05, 3.63) is 212 Å². The van der Waals surface area contributed by atoms with Crippen molar-refractivity contribution in [1.29, 1.82) is 0 Å². The van der Waals surface area contributed by atoms with Crippen molar-refractivity contribution in [3.63, 3.8) is 0 Å². The fourth-order valence-electron chi connectivity index (χ4n) is 8.54. The average Bonchev–Trinajstić information content (AvgIpc) is 3.74. The Hall–Kier alpha value is -10.6. The zero-order valence-corrected chi connectivity index (χ0v) is 48.5. The first-order valence-corrected chi connectivity index (χ1v) is 26.4. The summed E-state index contributed by atoms with van der Waals surface area (Å²) in [5, 5.41) is 0. The fourth-order valence-corrected chi connectivity index (χ4v) is 8.54. The van der Waals surface area contributed by atoms with E-state index in [1.54, 1.807) is 18.2 Å². The predicted molar refractivity (Wildman–Crippen MR) is 303 cm³/mol. The van der Waals surface area contributed by atoms with Crippen LogP contribution in [0.5, 0.6) is 0 Å². The number of hydrogen-bond acceptors (Lipinski definition) is 24. The quantitative estimate of drug-likeness (QED) is 0.0331. The lowest BCUT2D eigenvalue weighted by Gasteiger charge is -2.36. The molecule has 0 aliphatic heterocycles. The number of carbonyl (C=O) groups excluding carboxylic acids is 11. The van der Waals surface area contributed by atoms with Crippen LogP contribution in [0.25, 0.3) is 0 Å². The third-order valence-corrected chi connectivity index (χ3v) is 13.2. The van der Waals surface area contributed by atoms with E-state index in [0.717, 1.165) is 35.5 Å². The molecule has 0 N–H and O–H groups in total. The number of ether oxygens (including phenoxy) is 13. The van der Waals surface area contributed by atoms with Gasteiger partial charge < -0.3 is 61.6 Å². The molecule has 0 unspecified atom stereocenters. The van der Waals surface area contributed by atoms with Crippen LogP contribution >= 0.6 is 0 Å². The summed E-state index contributed by atoms with van der Waals surface area (Å²) in [6, 6.07) is 33.5. The summed E-state index contributed by atoms with van der Waals surface area (Å²) in [5.41, 5.74) is -6.10. The second-order valence-corrected chi connectivity index (χ2v) is 19.2. The van der Waals surface area contributed by atoms with E-state index in [-0.39, 0.29) is 67.8 Å². The number of rotatable bonds is 29. The predicted octanol–water partition coefficient (Wildman–Crippen LogP) is 7.20. The van der Waals surface area contributed by atoms with E-state index in [2.05, 4.69) is 0 Å². The molecule has 0 radical (unpaired) electrons.